The number of allylic oxidation sites excluding steroid dienone is 2. The van der Waals surface area contributed by atoms with Crippen molar-refractivity contribution in [3.63, 3.8) is 0 Å². The molecule has 1 fully saturated rings. The van der Waals surface area contributed by atoms with E-state index in [2.05, 4.69) is 82.2 Å². The van der Waals surface area contributed by atoms with Crippen molar-refractivity contribution in [2.75, 3.05) is 13.2 Å². The van der Waals surface area contributed by atoms with Crippen LogP contribution in [0.1, 0.15) is 17.5 Å². The van der Waals surface area contributed by atoms with Crippen molar-refractivity contribution in [1.82, 2.24) is 0 Å². The van der Waals surface area contributed by atoms with Gasteiger partial charge in [0.05, 0.1) is 26.1 Å². The zero-order valence-corrected chi connectivity index (χ0v) is 30.1. The normalized spacial score (nSPS) is 19.8. The molecule has 0 amide bonds. The van der Waals surface area contributed by atoms with E-state index in [4.69, 9.17) is 9.47 Å². The zero-order valence-electron chi connectivity index (χ0n) is 25.2. The summed E-state index contributed by atoms with van der Waals surface area (Å²) in [5.74, 6) is 0.578. The number of esters is 2. The first-order chi connectivity index (χ1) is 23.1. The Balaban J connectivity index is 0.911. The maximum Gasteiger partial charge on any atom is 0.310 e. The van der Waals surface area contributed by atoms with Crippen LogP contribution < -0.4 is 0 Å². The average molecular weight is 731 g/mol. The summed E-state index contributed by atoms with van der Waals surface area (Å²) in [5.41, 5.74) is 2.03. The molecule has 0 aliphatic heterocycles. The van der Waals surface area contributed by atoms with Crippen molar-refractivity contribution >= 4 is 80.0 Å². The summed E-state index contributed by atoms with van der Waals surface area (Å²) in [7, 11) is 0. The fourth-order valence-corrected chi connectivity index (χ4v) is 12.5. The van der Waals surface area contributed by atoms with Crippen LogP contribution >= 0.6 is 68.0 Å². The lowest BCUT2D eigenvalue weighted by molar-refractivity contribution is -0.149. The van der Waals surface area contributed by atoms with E-state index in [1.807, 2.05) is 12.1 Å². The van der Waals surface area contributed by atoms with E-state index in [1.54, 1.807) is 68.0 Å². The van der Waals surface area contributed by atoms with Gasteiger partial charge >= 0.3 is 11.9 Å². The summed E-state index contributed by atoms with van der Waals surface area (Å²) in [6, 6.07) is 21.0. The average Bonchev–Trinajstić information content (AvgIpc) is 3.93. The number of carbonyl (C=O) groups is 2. The Morgan fingerprint density at radius 2 is 0.979 bits per heavy atom. The first-order valence-corrected chi connectivity index (χ1v) is 20.6. The predicted molar refractivity (Wildman–Crippen MR) is 199 cm³/mol. The Hall–Kier alpha value is -3.12. The highest BCUT2D eigenvalue weighted by molar-refractivity contribution is 7.26. The first-order valence-electron chi connectivity index (χ1n) is 15.5. The second-order valence-corrected chi connectivity index (χ2v) is 17.7. The maximum absolute atomic E-state index is 13.3. The standard InChI is InChI=1S/C37H30O4S6/c38-34(18-24-16-32(28-5-1-11-42-28)46-36(24)30-7-3-13-44-30)40-20-26-22-9-10-23(15-22)27(26)21-41-35(39)19-25-17-33(29-6-2-12-43-29)47-37(25)31-8-4-14-45-31/h1-14,16-17,22-23,26-27H,15,18-21H2. The molecule has 4 atom stereocenters. The molecule has 0 N–H and O–H groups in total. The highest BCUT2D eigenvalue weighted by Crippen LogP contribution is 2.49. The van der Waals surface area contributed by atoms with Gasteiger partial charge in [-0.1, -0.05) is 36.4 Å². The monoisotopic (exact) mass is 730 g/mol. The highest BCUT2D eigenvalue weighted by Gasteiger charge is 2.45. The van der Waals surface area contributed by atoms with E-state index >= 15 is 0 Å². The smallest absolute Gasteiger partial charge is 0.310 e. The van der Waals surface area contributed by atoms with Crippen LogP contribution in [-0.4, -0.2) is 25.2 Å². The van der Waals surface area contributed by atoms with Crippen LogP contribution in [0.25, 0.3) is 39.0 Å². The largest absolute Gasteiger partial charge is 0.465 e. The van der Waals surface area contributed by atoms with Crippen LogP contribution in [0.3, 0.4) is 0 Å². The van der Waals surface area contributed by atoms with Crippen molar-refractivity contribution < 1.29 is 19.1 Å². The lowest BCUT2D eigenvalue weighted by Crippen LogP contribution is -2.30. The minimum Gasteiger partial charge on any atom is -0.465 e. The summed E-state index contributed by atoms with van der Waals surface area (Å²) < 4.78 is 12.0. The number of hydrogen-bond acceptors (Lipinski definition) is 10. The molecule has 0 saturated heterocycles. The van der Waals surface area contributed by atoms with E-state index in [-0.39, 0.29) is 36.6 Å². The molecule has 6 heterocycles. The Kier molecular flexibility index (Phi) is 9.14. The van der Waals surface area contributed by atoms with Crippen LogP contribution in [0.5, 0.6) is 0 Å². The van der Waals surface area contributed by atoms with Gasteiger partial charge in [0, 0.05) is 50.9 Å². The van der Waals surface area contributed by atoms with Gasteiger partial charge in [-0.25, -0.2) is 0 Å². The molecule has 1 saturated carbocycles. The van der Waals surface area contributed by atoms with Crippen molar-refractivity contribution in [2.45, 2.75) is 19.3 Å². The summed E-state index contributed by atoms with van der Waals surface area (Å²) in [5, 5.41) is 8.31. The molecule has 2 aliphatic carbocycles. The number of rotatable bonds is 12. The molecule has 2 bridgehead atoms. The summed E-state index contributed by atoms with van der Waals surface area (Å²) in [6.07, 6.45) is 6.03. The van der Waals surface area contributed by atoms with Crippen LogP contribution in [0, 0.1) is 23.7 Å². The second kappa shape index (κ2) is 13.8. The Bertz CT molecular complexity index is 1830. The van der Waals surface area contributed by atoms with Crippen molar-refractivity contribution in [1.29, 1.82) is 0 Å². The van der Waals surface area contributed by atoms with Gasteiger partial charge < -0.3 is 9.47 Å². The lowest BCUT2D eigenvalue weighted by Gasteiger charge is -2.27. The van der Waals surface area contributed by atoms with Crippen LogP contribution in [0.15, 0.2) is 94.3 Å². The van der Waals surface area contributed by atoms with Gasteiger partial charge in [0.25, 0.3) is 0 Å². The number of fused-ring (bicyclic) bond motifs is 2. The molecule has 6 aromatic rings. The van der Waals surface area contributed by atoms with E-state index < -0.39 is 0 Å². The van der Waals surface area contributed by atoms with Crippen LogP contribution in [0.2, 0.25) is 0 Å². The van der Waals surface area contributed by atoms with Crippen LogP contribution in [-0.2, 0) is 31.9 Å². The van der Waals surface area contributed by atoms with Gasteiger partial charge in [0.1, 0.15) is 0 Å². The Morgan fingerprint density at radius 1 is 0.574 bits per heavy atom. The maximum atomic E-state index is 13.3. The molecule has 4 nitrogen and oxygen atoms in total. The quantitative estimate of drug-likeness (QED) is 0.0929. The van der Waals surface area contributed by atoms with Crippen LogP contribution in [0.4, 0.5) is 0 Å². The molecule has 0 aromatic carbocycles. The van der Waals surface area contributed by atoms with Crippen molar-refractivity contribution in [2.24, 2.45) is 23.7 Å². The van der Waals surface area contributed by atoms with E-state index in [0.29, 0.717) is 25.0 Å². The Labute approximate surface area is 297 Å². The van der Waals surface area contributed by atoms with Gasteiger partial charge in [-0.2, -0.15) is 0 Å². The Morgan fingerprint density at radius 3 is 1.36 bits per heavy atom. The first kappa shape index (κ1) is 31.2. The van der Waals surface area contributed by atoms with Gasteiger partial charge in [-0.05, 0) is 87.3 Å². The van der Waals surface area contributed by atoms with E-state index in [9.17, 15) is 9.59 Å². The van der Waals surface area contributed by atoms with Gasteiger partial charge in [0.15, 0.2) is 0 Å². The molecular weight excluding hydrogens is 701 g/mol. The number of ether oxygens (including phenoxy) is 2. The van der Waals surface area contributed by atoms with Gasteiger partial charge in [-0.3, -0.25) is 9.59 Å². The lowest BCUT2D eigenvalue weighted by atomic mass is 9.84. The molecule has 8 rings (SSSR count). The number of hydrogen-bond donors (Lipinski definition) is 0. The van der Waals surface area contributed by atoms with Crippen molar-refractivity contribution in [3.05, 3.63) is 105 Å². The molecule has 0 spiro atoms. The van der Waals surface area contributed by atoms with Gasteiger partial charge in [-0.15, -0.1) is 68.0 Å². The molecular formula is C37H30O4S6. The SMILES string of the molecule is O=C(Cc1cc(-c2cccs2)sc1-c1cccs1)OCC1C2C=CC(C2)C1COC(=O)Cc1cc(-c2cccs2)sc1-c1cccs1. The summed E-state index contributed by atoms with van der Waals surface area (Å²) >= 11 is 10.3. The minimum absolute atomic E-state index is 0.149. The summed E-state index contributed by atoms with van der Waals surface area (Å²) in [4.78, 5) is 36.0. The number of thiophene rings is 6. The fourth-order valence-electron chi connectivity index (χ4n) is 6.75. The second-order valence-electron chi connectivity index (χ2n) is 11.8. The molecule has 10 heteroatoms. The molecule has 4 unspecified atom stereocenters. The third kappa shape index (κ3) is 6.64. The minimum atomic E-state index is -0.207. The summed E-state index contributed by atoms with van der Waals surface area (Å²) in [6.45, 7) is 0.695. The topological polar surface area (TPSA) is 52.6 Å². The zero-order chi connectivity index (χ0) is 31.7. The van der Waals surface area contributed by atoms with Crippen molar-refractivity contribution in [3.8, 4) is 39.0 Å². The van der Waals surface area contributed by atoms with E-state index in [1.165, 1.54) is 29.3 Å². The molecule has 6 aromatic heterocycles. The molecule has 47 heavy (non-hydrogen) atoms. The third-order valence-electron chi connectivity index (χ3n) is 8.98. The molecule has 0 radical (unpaired) electrons. The predicted octanol–water partition coefficient (Wildman–Crippen LogP) is 11.0. The van der Waals surface area contributed by atoms with E-state index in [0.717, 1.165) is 27.3 Å². The molecule has 238 valence electrons. The highest BCUT2D eigenvalue weighted by atomic mass is 32.1. The molecule has 2 aliphatic rings. The third-order valence-corrected chi connectivity index (χ3v) is 15.6. The fraction of sp³-hybridized carbons (Fsp3) is 0.243. The van der Waals surface area contributed by atoms with Gasteiger partial charge in [0.2, 0.25) is 0 Å². The number of carbonyl (C=O) groups excluding carboxylic acids is 2.